The number of rotatable bonds is 4. The lowest BCUT2D eigenvalue weighted by atomic mass is 9.93. The molecule has 1 heteroatoms. The second-order valence-electron chi connectivity index (χ2n) is 7.15. The van der Waals surface area contributed by atoms with E-state index in [1.165, 1.54) is 30.4 Å². The van der Waals surface area contributed by atoms with Crippen molar-refractivity contribution < 1.29 is 0 Å². The van der Waals surface area contributed by atoms with Crippen molar-refractivity contribution in [1.82, 2.24) is 5.32 Å². The highest BCUT2D eigenvalue weighted by Gasteiger charge is 2.66. The van der Waals surface area contributed by atoms with E-state index in [2.05, 4.69) is 43.6 Å². The van der Waals surface area contributed by atoms with Gasteiger partial charge in [0, 0.05) is 6.04 Å². The fourth-order valence-electron chi connectivity index (χ4n) is 5.34. The predicted molar refractivity (Wildman–Crippen MR) is 79.0 cm³/mol. The summed E-state index contributed by atoms with van der Waals surface area (Å²) in [6.07, 6.45) is 5.84. The minimum Gasteiger partial charge on any atom is -0.316 e. The molecule has 3 aliphatic rings. The summed E-state index contributed by atoms with van der Waals surface area (Å²) >= 11 is 0. The van der Waals surface area contributed by atoms with Gasteiger partial charge in [0.05, 0.1) is 0 Å². The van der Waals surface area contributed by atoms with E-state index in [-0.39, 0.29) is 0 Å². The van der Waals surface area contributed by atoms with Gasteiger partial charge in [0.25, 0.3) is 0 Å². The SMILES string of the molecule is CNC(Cc1ccc(C)cc1)C1C2C3CCC(C3)C21. The molecule has 3 saturated carbocycles. The molecule has 2 bridgehead atoms. The molecule has 0 spiro atoms. The van der Waals surface area contributed by atoms with Crippen LogP contribution in [0.25, 0.3) is 0 Å². The van der Waals surface area contributed by atoms with Crippen LogP contribution in [-0.4, -0.2) is 13.1 Å². The van der Waals surface area contributed by atoms with Gasteiger partial charge in [0.2, 0.25) is 0 Å². The molecule has 4 rings (SSSR count). The molecule has 5 unspecified atom stereocenters. The topological polar surface area (TPSA) is 12.0 Å². The molecular weight excluding hydrogens is 230 g/mol. The maximum atomic E-state index is 3.62. The predicted octanol–water partition coefficient (Wildman–Crippen LogP) is 3.42. The fourth-order valence-corrected chi connectivity index (χ4v) is 5.34. The molecule has 19 heavy (non-hydrogen) atoms. The highest BCUT2D eigenvalue weighted by Crippen LogP contribution is 2.70. The molecule has 0 amide bonds. The summed E-state index contributed by atoms with van der Waals surface area (Å²) < 4.78 is 0. The Morgan fingerprint density at radius 2 is 1.74 bits per heavy atom. The zero-order valence-electron chi connectivity index (χ0n) is 12.1. The molecule has 0 radical (unpaired) electrons. The standard InChI is InChI=1S/C18H25N/c1-11-3-5-12(6-4-11)9-15(19-2)18-16-13-7-8-14(10-13)17(16)18/h3-6,13-19H,7-10H2,1-2H3. The van der Waals surface area contributed by atoms with Crippen LogP contribution < -0.4 is 5.32 Å². The Hall–Kier alpha value is -0.820. The van der Waals surface area contributed by atoms with Crippen molar-refractivity contribution in [3.63, 3.8) is 0 Å². The van der Waals surface area contributed by atoms with Crippen LogP contribution in [0.3, 0.4) is 0 Å². The van der Waals surface area contributed by atoms with Crippen molar-refractivity contribution in [3.8, 4) is 0 Å². The van der Waals surface area contributed by atoms with Crippen LogP contribution in [0, 0.1) is 36.5 Å². The minimum atomic E-state index is 0.709. The zero-order chi connectivity index (χ0) is 13.0. The molecule has 0 saturated heterocycles. The molecule has 5 atom stereocenters. The van der Waals surface area contributed by atoms with Gasteiger partial charge < -0.3 is 5.32 Å². The van der Waals surface area contributed by atoms with Gasteiger partial charge in [-0.05, 0) is 74.8 Å². The maximum Gasteiger partial charge on any atom is 0.0138 e. The largest absolute Gasteiger partial charge is 0.316 e. The molecule has 0 aromatic heterocycles. The number of nitrogens with one attached hydrogen (secondary N) is 1. The van der Waals surface area contributed by atoms with E-state index in [1.807, 2.05) is 0 Å². The number of hydrogen-bond acceptors (Lipinski definition) is 1. The number of fused-ring (bicyclic) bond motifs is 5. The highest BCUT2D eigenvalue weighted by molar-refractivity contribution is 5.24. The molecule has 1 nitrogen and oxygen atoms in total. The highest BCUT2D eigenvalue weighted by atomic mass is 14.9. The number of hydrogen-bond donors (Lipinski definition) is 1. The summed E-state index contributed by atoms with van der Waals surface area (Å²) in [5.74, 6) is 5.34. The lowest BCUT2D eigenvalue weighted by Gasteiger charge is -2.20. The van der Waals surface area contributed by atoms with E-state index in [0.717, 1.165) is 29.6 Å². The smallest absolute Gasteiger partial charge is 0.0138 e. The van der Waals surface area contributed by atoms with Gasteiger partial charge in [0.1, 0.15) is 0 Å². The first kappa shape index (κ1) is 12.0. The van der Waals surface area contributed by atoms with Crippen molar-refractivity contribution in [1.29, 1.82) is 0 Å². The summed E-state index contributed by atoms with van der Waals surface area (Å²) in [5.41, 5.74) is 2.87. The molecule has 0 aliphatic heterocycles. The van der Waals surface area contributed by atoms with Crippen LogP contribution in [0.1, 0.15) is 30.4 Å². The van der Waals surface area contributed by atoms with Crippen molar-refractivity contribution >= 4 is 0 Å². The van der Waals surface area contributed by atoms with Gasteiger partial charge in [0.15, 0.2) is 0 Å². The Morgan fingerprint density at radius 3 is 2.32 bits per heavy atom. The minimum absolute atomic E-state index is 0.709. The first-order chi connectivity index (χ1) is 9.28. The van der Waals surface area contributed by atoms with Crippen LogP contribution in [0.4, 0.5) is 0 Å². The van der Waals surface area contributed by atoms with E-state index in [0.29, 0.717) is 6.04 Å². The van der Waals surface area contributed by atoms with Crippen molar-refractivity contribution in [2.75, 3.05) is 7.05 Å². The molecule has 3 aliphatic carbocycles. The van der Waals surface area contributed by atoms with Crippen LogP contribution in [-0.2, 0) is 6.42 Å². The summed E-state index contributed by atoms with van der Waals surface area (Å²) in [6, 6.07) is 9.83. The van der Waals surface area contributed by atoms with E-state index in [9.17, 15) is 0 Å². The molecular formula is C18H25N. The van der Waals surface area contributed by atoms with Gasteiger partial charge >= 0.3 is 0 Å². The van der Waals surface area contributed by atoms with Crippen LogP contribution in [0.15, 0.2) is 24.3 Å². The number of likely N-dealkylation sites (N-methyl/N-ethyl adjacent to an activating group) is 1. The lowest BCUT2D eigenvalue weighted by Crippen LogP contribution is -2.32. The third kappa shape index (κ3) is 1.86. The lowest BCUT2D eigenvalue weighted by molar-refractivity contribution is 0.376. The Balaban J connectivity index is 1.46. The van der Waals surface area contributed by atoms with Crippen molar-refractivity contribution in [2.45, 2.75) is 38.6 Å². The normalized spacial score (nSPS) is 40.2. The van der Waals surface area contributed by atoms with Crippen LogP contribution in [0.2, 0.25) is 0 Å². The maximum absolute atomic E-state index is 3.62. The monoisotopic (exact) mass is 255 g/mol. The Bertz CT molecular complexity index is 447. The molecule has 0 heterocycles. The second-order valence-corrected chi connectivity index (χ2v) is 7.15. The Kier molecular flexibility index (Phi) is 2.73. The Morgan fingerprint density at radius 1 is 1.11 bits per heavy atom. The first-order valence-corrected chi connectivity index (χ1v) is 8.00. The van der Waals surface area contributed by atoms with E-state index in [4.69, 9.17) is 0 Å². The van der Waals surface area contributed by atoms with Gasteiger partial charge in [-0.2, -0.15) is 0 Å². The third-order valence-electron chi connectivity index (χ3n) is 6.21. The number of aryl methyl sites for hydroxylation is 1. The molecule has 1 aromatic rings. The van der Waals surface area contributed by atoms with Crippen LogP contribution >= 0.6 is 0 Å². The molecule has 3 fully saturated rings. The van der Waals surface area contributed by atoms with Gasteiger partial charge in [-0.25, -0.2) is 0 Å². The average Bonchev–Trinajstić information content (AvgIpc) is 2.86. The van der Waals surface area contributed by atoms with Crippen molar-refractivity contribution in [2.24, 2.45) is 29.6 Å². The van der Waals surface area contributed by atoms with Crippen molar-refractivity contribution in [3.05, 3.63) is 35.4 Å². The van der Waals surface area contributed by atoms with Gasteiger partial charge in [-0.15, -0.1) is 0 Å². The van der Waals surface area contributed by atoms with E-state index >= 15 is 0 Å². The van der Waals surface area contributed by atoms with Gasteiger partial charge in [-0.1, -0.05) is 29.8 Å². The van der Waals surface area contributed by atoms with Gasteiger partial charge in [-0.3, -0.25) is 0 Å². The molecule has 1 aromatic carbocycles. The summed E-state index contributed by atoms with van der Waals surface area (Å²) in [5, 5.41) is 3.62. The number of benzene rings is 1. The van der Waals surface area contributed by atoms with E-state index < -0.39 is 0 Å². The van der Waals surface area contributed by atoms with E-state index in [1.54, 1.807) is 6.42 Å². The average molecular weight is 255 g/mol. The molecule has 102 valence electrons. The van der Waals surface area contributed by atoms with Crippen LogP contribution in [0.5, 0.6) is 0 Å². The molecule has 1 N–H and O–H groups in total. The summed E-state index contributed by atoms with van der Waals surface area (Å²) in [7, 11) is 2.16. The summed E-state index contributed by atoms with van der Waals surface area (Å²) in [6.45, 7) is 2.17. The Labute approximate surface area is 116 Å². The third-order valence-corrected chi connectivity index (χ3v) is 6.21. The quantitative estimate of drug-likeness (QED) is 0.869. The second kappa shape index (κ2) is 4.34. The summed E-state index contributed by atoms with van der Waals surface area (Å²) in [4.78, 5) is 0. The fraction of sp³-hybridized carbons (Fsp3) is 0.667. The zero-order valence-corrected chi connectivity index (χ0v) is 12.1. The first-order valence-electron chi connectivity index (χ1n) is 8.00.